The van der Waals surface area contributed by atoms with Gasteiger partial charge in [-0.3, -0.25) is 9.88 Å². The van der Waals surface area contributed by atoms with Gasteiger partial charge in [-0.05, 0) is 43.9 Å². The van der Waals surface area contributed by atoms with Crippen molar-refractivity contribution in [2.24, 2.45) is 0 Å². The van der Waals surface area contributed by atoms with Gasteiger partial charge in [0.1, 0.15) is 0 Å². The normalized spacial score (nSPS) is 18.9. The first-order valence-electron chi connectivity index (χ1n) is 8.60. The van der Waals surface area contributed by atoms with Gasteiger partial charge in [0.05, 0.1) is 18.4 Å². The molecule has 1 aliphatic heterocycles. The van der Waals surface area contributed by atoms with Gasteiger partial charge in [-0.25, -0.2) is 0 Å². The zero-order chi connectivity index (χ0) is 15.9. The second-order valence-electron chi connectivity index (χ2n) is 6.38. The van der Waals surface area contributed by atoms with E-state index in [9.17, 15) is 0 Å². The molecule has 1 aliphatic rings. The largest absolute Gasteiger partial charge is 0.376 e. The first kappa shape index (κ1) is 16.2. The van der Waals surface area contributed by atoms with Crippen LogP contribution in [0.15, 0.2) is 48.5 Å². The zero-order valence-corrected chi connectivity index (χ0v) is 13.9. The highest BCUT2D eigenvalue weighted by Crippen LogP contribution is 2.15. The molecule has 1 atom stereocenters. The fourth-order valence-electron chi connectivity index (χ4n) is 3.19. The van der Waals surface area contributed by atoms with Crippen molar-refractivity contribution < 1.29 is 4.74 Å². The summed E-state index contributed by atoms with van der Waals surface area (Å²) in [6, 6.07) is 17.0. The third-order valence-corrected chi connectivity index (χ3v) is 4.39. The van der Waals surface area contributed by atoms with Crippen molar-refractivity contribution in [1.29, 1.82) is 0 Å². The molecule has 0 N–H and O–H groups in total. The first-order chi connectivity index (χ1) is 11.3. The summed E-state index contributed by atoms with van der Waals surface area (Å²) >= 11 is 0. The predicted molar refractivity (Wildman–Crippen MR) is 93.4 cm³/mol. The molecule has 3 rings (SSSR count). The average Bonchev–Trinajstić information content (AvgIpc) is 2.56. The van der Waals surface area contributed by atoms with E-state index in [0.717, 1.165) is 50.5 Å². The lowest BCUT2D eigenvalue weighted by atomic mass is 10.1. The van der Waals surface area contributed by atoms with Gasteiger partial charge in [0.25, 0.3) is 0 Å². The number of rotatable bonds is 6. The Labute approximate surface area is 139 Å². The number of morpholine rings is 1. The van der Waals surface area contributed by atoms with Crippen molar-refractivity contribution >= 4 is 0 Å². The molecular formula is C20H26N2O. The van der Waals surface area contributed by atoms with Crippen LogP contribution in [0.2, 0.25) is 0 Å². The van der Waals surface area contributed by atoms with Crippen molar-refractivity contribution in [2.75, 3.05) is 19.7 Å². The number of pyridine rings is 1. The van der Waals surface area contributed by atoms with Gasteiger partial charge in [-0.15, -0.1) is 0 Å². The predicted octanol–water partition coefficient (Wildman–Crippen LogP) is 3.61. The standard InChI is InChI=1S/C20H26N2O/c1-17-7-5-11-19(21-17)15-22-13-14-23-20(16-22)12-6-10-18-8-3-2-4-9-18/h2-5,7-9,11,20H,6,10,12-16H2,1H3. The van der Waals surface area contributed by atoms with Gasteiger partial charge in [-0.2, -0.15) is 0 Å². The number of aromatic nitrogens is 1. The molecule has 0 spiro atoms. The molecule has 23 heavy (non-hydrogen) atoms. The molecule has 1 fully saturated rings. The number of hydrogen-bond acceptors (Lipinski definition) is 3. The van der Waals surface area contributed by atoms with Crippen LogP contribution in [0.3, 0.4) is 0 Å². The Morgan fingerprint density at radius 2 is 2.00 bits per heavy atom. The van der Waals surface area contributed by atoms with E-state index in [1.165, 1.54) is 12.0 Å². The van der Waals surface area contributed by atoms with Gasteiger partial charge in [0.2, 0.25) is 0 Å². The minimum Gasteiger partial charge on any atom is -0.376 e. The minimum absolute atomic E-state index is 0.359. The highest BCUT2D eigenvalue weighted by Gasteiger charge is 2.20. The summed E-state index contributed by atoms with van der Waals surface area (Å²) < 4.78 is 5.95. The highest BCUT2D eigenvalue weighted by molar-refractivity contribution is 5.14. The molecule has 2 heterocycles. The number of benzene rings is 1. The monoisotopic (exact) mass is 310 g/mol. The second-order valence-corrected chi connectivity index (χ2v) is 6.38. The van der Waals surface area contributed by atoms with Gasteiger partial charge >= 0.3 is 0 Å². The SMILES string of the molecule is Cc1cccc(CN2CCOC(CCCc3ccccc3)C2)n1. The van der Waals surface area contributed by atoms with Crippen LogP contribution in [0.1, 0.15) is 29.8 Å². The number of aryl methyl sites for hydroxylation is 2. The number of ether oxygens (including phenoxy) is 1. The summed E-state index contributed by atoms with van der Waals surface area (Å²) in [4.78, 5) is 7.08. The van der Waals surface area contributed by atoms with Crippen molar-refractivity contribution in [1.82, 2.24) is 9.88 Å². The lowest BCUT2D eigenvalue weighted by Crippen LogP contribution is -2.42. The zero-order valence-electron chi connectivity index (χ0n) is 13.9. The number of hydrogen-bond donors (Lipinski definition) is 0. The quantitative estimate of drug-likeness (QED) is 0.815. The molecule has 2 aromatic rings. The van der Waals surface area contributed by atoms with Gasteiger partial charge in [-0.1, -0.05) is 36.4 Å². The van der Waals surface area contributed by atoms with Crippen molar-refractivity contribution in [3.05, 3.63) is 65.5 Å². The molecule has 122 valence electrons. The van der Waals surface area contributed by atoms with Crippen LogP contribution in [-0.2, 0) is 17.7 Å². The summed E-state index contributed by atoms with van der Waals surface area (Å²) in [7, 11) is 0. The summed E-state index contributed by atoms with van der Waals surface area (Å²) in [5.74, 6) is 0. The molecule has 0 bridgehead atoms. The Bertz CT molecular complexity index is 600. The fourth-order valence-corrected chi connectivity index (χ4v) is 3.19. The molecule has 0 aliphatic carbocycles. The van der Waals surface area contributed by atoms with Crippen LogP contribution in [0.5, 0.6) is 0 Å². The van der Waals surface area contributed by atoms with E-state index in [4.69, 9.17) is 4.74 Å². The van der Waals surface area contributed by atoms with Crippen molar-refractivity contribution in [3.8, 4) is 0 Å². The molecule has 1 aromatic heterocycles. The Morgan fingerprint density at radius 3 is 2.83 bits per heavy atom. The van der Waals surface area contributed by atoms with Crippen molar-refractivity contribution in [2.45, 2.75) is 38.8 Å². The van der Waals surface area contributed by atoms with Crippen LogP contribution in [-0.4, -0.2) is 35.7 Å². The van der Waals surface area contributed by atoms with E-state index >= 15 is 0 Å². The third-order valence-electron chi connectivity index (χ3n) is 4.39. The van der Waals surface area contributed by atoms with Gasteiger partial charge < -0.3 is 4.74 Å². The van der Waals surface area contributed by atoms with E-state index < -0.39 is 0 Å². The molecule has 0 amide bonds. The summed E-state index contributed by atoms with van der Waals surface area (Å²) in [6.45, 7) is 5.84. The molecule has 1 unspecified atom stereocenters. The maximum absolute atomic E-state index is 5.95. The Hall–Kier alpha value is -1.71. The summed E-state index contributed by atoms with van der Waals surface area (Å²) in [5.41, 5.74) is 3.68. The number of nitrogens with zero attached hydrogens (tertiary/aromatic N) is 2. The minimum atomic E-state index is 0.359. The van der Waals surface area contributed by atoms with Crippen LogP contribution in [0, 0.1) is 6.92 Å². The van der Waals surface area contributed by atoms with E-state index in [2.05, 4.69) is 65.3 Å². The topological polar surface area (TPSA) is 25.4 Å². The van der Waals surface area contributed by atoms with E-state index in [1.54, 1.807) is 0 Å². The van der Waals surface area contributed by atoms with E-state index in [-0.39, 0.29) is 0 Å². The second kappa shape index (κ2) is 8.23. The van der Waals surface area contributed by atoms with Crippen LogP contribution < -0.4 is 0 Å². The van der Waals surface area contributed by atoms with Crippen molar-refractivity contribution in [3.63, 3.8) is 0 Å². The molecule has 0 saturated carbocycles. The molecular weight excluding hydrogens is 284 g/mol. The smallest absolute Gasteiger partial charge is 0.0702 e. The van der Waals surface area contributed by atoms with Gasteiger partial charge in [0, 0.05) is 25.3 Å². The average molecular weight is 310 g/mol. The molecule has 1 saturated heterocycles. The molecule has 1 aromatic carbocycles. The van der Waals surface area contributed by atoms with Crippen LogP contribution >= 0.6 is 0 Å². The Balaban J connectivity index is 1.44. The van der Waals surface area contributed by atoms with Crippen LogP contribution in [0.25, 0.3) is 0 Å². The molecule has 3 heteroatoms. The fraction of sp³-hybridized carbons (Fsp3) is 0.450. The highest BCUT2D eigenvalue weighted by atomic mass is 16.5. The summed E-state index contributed by atoms with van der Waals surface area (Å²) in [5, 5.41) is 0. The Kier molecular flexibility index (Phi) is 5.78. The Morgan fingerprint density at radius 1 is 1.13 bits per heavy atom. The summed E-state index contributed by atoms with van der Waals surface area (Å²) in [6.07, 6.45) is 3.81. The lowest BCUT2D eigenvalue weighted by Gasteiger charge is -2.32. The third kappa shape index (κ3) is 5.15. The van der Waals surface area contributed by atoms with Gasteiger partial charge in [0.15, 0.2) is 0 Å². The van der Waals surface area contributed by atoms with E-state index in [1.807, 2.05) is 0 Å². The molecule has 3 nitrogen and oxygen atoms in total. The maximum Gasteiger partial charge on any atom is 0.0702 e. The molecule has 0 radical (unpaired) electrons. The maximum atomic E-state index is 5.95. The first-order valence-corrected chi connectivity index (χ1v) is 8.60. The van der Waals surface area contributed by atoms with Crippen LogP contribution in [0.4, 0.5) is 0 Å². The van der Waals surface area contributed by atoms with E-state index in [0.29, 0.717) is 6.10 Å². The lowest BCUT2D eigenvalue weighted by molar-refractivity contribution is -0.0358.